The second-order valence-electron chi connectivity index (χ2n) is 43.8. The van der Waals surface area contributed by atoms with Crippen molar-refractivity contribution in [2.24, 2.45) is 0 Å². The molecule has 141 heavy (non-hydrogen) atoms. The van der Waals surface area contributed by atoms with E-state index in [0.29, 0.717) is 91.9 Å². The van der Waals surface area contributed by atoms with Crippen molar-refractivity contribution < 1.29 is 28.4 Å². The Morgan fingerprint density at radius 3 is 0.475 bits per heavy atom. The summed E-state index contributed by atoms with van der Waals surface area (Å²) in [6.07, 6.45) is 128. The molecule has 11 heteroatoms. The molecular formula is C130H234N5O6. The summed E-state index contributed by atoms with van der Waals surface area (Å²) in [5, 5.41) is 7.49. The van der Waals surface area contributed by atoms with Gasteiger partial charge in [-0.25, -0.2) is 0 Å². The highest BCUT2D eigenvalue weighted by Gasteiger charge is 2.22. The summed E-state index contributed by atoms with van der Waals surface area (Å²) in [5.74, 6) is 5.56. The minimum absolute atomic E-state index is 0.397. The molecular weight excluding hydrogens is 1730 g/mol. The lowest BCUT2D eigenvalue weighted by Gasteiger charge is -2.20. The van der Waals surface area contributed by atoms with E-state index in [-0.39, 0.29) is 0 Å². The number of hydrogen-bond donors (Lipinski definition) is 2. The number of benzene rings is 3. The molecule has 4 aromatic rings. The zero-order valence-electron chi connectivity index (χ0n) is 94.7. The molecule has 0 amide bonds. The fourth-order valence-electron chi connectivity index (χ4n) is 20.5. The summed E-state index contributed by atoms with van der Waals surface area (Å²) in [7, 11) is 0. The van der Waals surface area contributed by atoms with Gasteiger partial charge < -0.3 is 39.1 Å². The Bertz CT molecular complexity index is 2950. The molecule has 0 fully saturated rings. The van der Waals surface area contributed by atoms with Crippen molar-refractivity contribution in [3.8, 4) is 45.9 Å². The van der Waals surface area contributed by atoms with E-state index >= 15 is 0 Å². The minimum atomic E-state index is 0.397. The molecule has 0 bridgehead atoms. The first kappa shape index (κ1) is 128. The minimum Gasteiger partial charge on any atom is -0.489 e. The second-order valence-corrected chi connectivity index (χ2v) is 43.8. The van der Waals surface area contributed by atoms with Crippen LogP contribution in [0.25, 0.3) is 11.4 Å². The highest BCUT2D eigenvalue weighted by Crippen LogP contribution is 2.45. The van der Waals surface area contributed by atoms with Crippen LogP contribution in [0.15, 0.2) is 48.5 Å². The lowest BCUT2D eigenvalue weighted by molar-refractivity contribution is 0.234. The van der Waals surface area contributed by atoms with Gasteiger partial charge in [0.25, 0.3) is 0 Å². The average molecular weight is 1960 g/mol. The second kappa shape index (κ2) is 101. The lowest BCUT2D eigenvalue weighted by Crippen LogP contribution is -2.09. The van der Waals surface area contributed by atoms with E-state index in [1.54, 1.807) is 0 Å². The Morgan fingerprint density at radius 2 is 0.319 bits per heavy atom. The zero-order chi connectivity index (χ0) is 100. The van der Waals surface area contributed by atoms with Gasteiger partial charge in [0.1, 0.15) is 0 Å². The van der Waals surface area contributed by atoms with E-state index in [1.165, 1.54) is 539 Å². The number of hydrogen-bond acceptors (Lipinski definition) is 11. The predicted molar refractivity (Wildman–Crippen MR) is 619 cm³/mol. The summed E-state index contributed by atoms with van der Waals surface area (Å²) >= 11 is 0. The smallest absolute Gasteiger partial charge is 0.232 e. The molecule has 2 N–H and O–H groups in total. The van der Waals surface area contributed by atoms with Gasteiger partial charge in [-0.2, -0.15) is 15.0 Å². The average Bonchev–Trinajstić information content (AvgIpc) is 0.803. The number of nitrogens with one attached hydrogen (secondary N) is 2. The molecule has 4 rings (SSSR count). The van der Waals surface area contributed by atoms with Gasteiger partial charge in [-0.15, -0.1) is 0 Å². The maximum Gasteiger partial charge on any atom is 0.232 e. The first-order chi connectivity index (χ1) is 69.9. The van der Waals surface area contributed by atoms with Crippen molar-refractivity contribution in [3.05, 3.63) is 61.0 Å². The van der Waals surface area contributed by atoms with Crippen molar-refractivity contribution >= 4 is 23.3 Å². The number of unbranched alkanes of at least 4 members (excludes halogenated alkanes) is 90. The molecule has 0 unspecified atom stereocenters. The van der Waals surface area contributed by atoms with Crippen LogP contribution in [0, 0.1) is 6.92 Å². The molecule has 11 nitrogen and oxygen atoms in total. The molecule has 3 aromatic carbocycles. The summed E-state index contributed by atoms with van der Waals surface area (Å²) in [5.41, 5.74) is 3.33. The quantitative estimate of drug-likeness (QED) is 0.0412. The van der Waals surface area contributed by atoms with Crippen LogP contribution in [0.4, 0.5) is 23.3 Å². The van der Waals surface area contributed by atoms with Crippen molar-refractivity contribution in [3.63, 3.8) is 0 Å². The third kappa shape index (κ3) is 78.0. The Hall–Kier alpha value is -4.93. The number of aromatic nitrogens is 3. The number of rotatable bonds is 113. The molecule has 1 aromatic heterocycles. The predicted octanol–water partition coefficient (Wildman–Crippen LogP) is 45.0. The van der Waals surface area contributed by atoms with Crippen LogP contribution in [-0.2, 0) is 0 Å². The normalized spacial score (nSPS) is 11.6. The molecule has 1 heterocycles. The van der Waals surface area contributed by atoms with Crippen LogP contribution in [0.3, 0.4) is 0 Å². The molecule has 0 atom stereocenters. The molecule has 0 saturated heterocycles. The summed E-state index contributed by atoms with van der Waals surface area (Å²) in [4.78, 5) is 15.8. The molecule has 1 radical (unpaired) electrons. The van der Waals surface area contributed by atoms with Crippen LogP contribution in [-0.4, -0.2) is 54.6 Å². The van der Waals surface area contributed by atoms with E-state index in [2.05, 4.69) is 95.5 Å². The molecule has 815 valence electrons. The highest BCUT2D eigenvalue weighted by molar-refractivity contribution is 5.70. The fourth-order valence-corrected chi connectivity index (χ4v) is 20.5. The van der Waals surface area contributed by atoms with Crippen molar-refractivity contribution in [2.45, 2.75) is 658 Å². The molecule has 0 aliphatic rings. The van der Waals surface area contributed by atoms with Gasteiger partial charge in [0, 0.05) is 41.2 Å². The van der Waals surface area contributed by atoms with Crippen LogP contribution in [0.2, 0.25) is 0 Å². The van der Waals surface area contributed by atoms with E-state index in [0.717, 1.165) is 99.6 Å². The Morgan fingerprint density at radius 1 is 0.177 bits per heavy atom. The maximum atomic E-state index is 7.04. The van der Waals surface area contributed by atoms with Gasteiger partial charge in [-0.3, -0.25) is 0 Å². The number of ether oxygens (including phenoxy) is 6. The SMILES string of the molecule is [CH2]c1ccc(-c2nc(Nc3cc(OCCCCCCCCCCCCCCCCCC)c(OCCCCCCCCCCCCCCCCCC)c(OCCCCCCCCCCCCCCCCCC)c3)nc(Nc3cc(OCCCCCCCCCCCCCCCCCC)c(OCCCCCCCCCCCCCCCCCC)c(OCCCCCCCCCCCCCCCCCC)c3)n2)cc1. The standard InChI is InChI=1S/C130H234N5O6/c1-8-14-20-26-32-38-44-50-56-62-68-74-80-86-92-98-108-136-122-114-120(115-123(137-109-99-93-87-81-75-69-63-57-51-45-39-33-27-21-15-9-2)126(122)140-112-102-96-90-84-78-72-66-60-54-48-42-36-30-24-18-12-5)131-129-133-128(119-106-104-118(7)105-107-119)134-130(135-129)132-121-116-124(138-110-100-94-88-82-76-70-64-58-52-46-40-34-28-22-16-10-3)127(141-113-103-97-91-85-79-73-67-61-55-49-43-37-31-25-19-13-6)125(117-121)139-111-101-95-89-83-77-71-65-59-53-47-41-35-29-23-17-11-4/h104-107,114-117H,7-103,108-113H2,1-6H3,(H2,131,132,133,134,135). The van der Waals surface area contributed by atoms with E-state index in [9.17, 15) is 0 Å². The summed E-state index contributed by atoms with van der Waals surface area (Å²) in [6.45, 7) is 21.8. The van der Waals surface area contributed by atoms with Gasteiger partial charge >= 0.3 is 0 Å². The first-order valence-electron chi connectivity index (χ1n) is 63.3. The lowest BCUT2D eigenvalue weighted by atomic mass is 10.0. The van der Waals surface area contributed by atoms with Crippen LogP contribution in [0.5, 0.6) is 34.5 Å². The first-order valence-corrected chi connectivity index (χ1v) is 63.3. The largest absolute Gasteiger partial charge is 0.489 e. The third-order valence-corrected chi connectivity index (χ3v) is 29.9. The van der Waals surface area contributed by atoms with Crippen LogP contribution in [0.1, 0.15) is 664 Å². The van der Waals surface area contributed by atoms with Crippen molar-refractivity contribution in [1.82, 2.24) is 15.0 Å². The van der Waals surface area contributed by atoms with E-state index in [4.69, 9.17) is 43.4 Å². The van der Waals surface area contributed by atoms with Gasteiger partial charge in [-0.05, 0) is 51.0 Å². The van der Waals surface area contributed by atoms with E-state index < -0.39 is 0 Å². The Balaban J connectivity index is 1.68. The van der Waals surface area contributed by atoms with Crippen LogP contribution >= 0.6 is 0 Å². The molecule has 0 aliphatic heterocycles. The van der Waals surface area contributed by atoms with Gasteiger partial charge in [0.15, 0.2) is 28.8 Å². The number of nitrogens with zero attached hydrogens (tertiary/aromatic N) is 3. The Labute approximate surface area is 876 Å². The zero-order valence-corrected chi connectivity index (χ0v) is 94.7. The third-order valence-electron chi connectivity index (χ3n) is 29.9. The van der Waals surface area contributed by atoms with Crippen molar-refractivity contribution in [2.75, 3.05) is 50.3 Å². The highest BCUT2D eigenvalue weighted by atomic mass is 16.5. The summed E-state index contributed by atoms with van der Waals surface area (Å²) < 4.78 is 42.2. The van der Waals surface area contributed by atoms with Crippen LogP contribution < -0.4 is 39.1 Å². The number of anilines is 4. The molecule has 0 saturated carbocycles. The molecule has 0 aliphatic carbocycles. The molecule has 0 spiro atoms. The topological polar surface area (TPSA) is 118 Å². The van der Waals surface area contributed by atoms with Gasteiger partial charge in [0.05, 0.1) is 39.6 Å². The Kier molecular flexibility index (Phi) is 91.9. The summed E-state index contributed by atoms with van der Waals surface area (Å²) in [6, 6.07) is 16.6. The van der Waals surface area contributed by atoms with Crippen molar-refractivity contribution in [1.29, 1.82) is 0 Å². The van der Waals surface area contributed by atoms with Gasteiger partial charge in [-0.1, -0.05) is 644 Å². The fraction of sp³-hybridized carbons (Fsp3) is 0.831. The maximum absolute atomic E-state index is 7.04. The monoisotopic (exact) mass is 1960 g/mol. The van der Waals surface area contributed by atoms with Gasteiger partial charge in [0.2, 0.25) is 23.4 Å². The van der Waals surface area contributed by atoms with E-state index in [1.807, 2.05) is 12.1 Å².